The zero-order valence-electron chi connectivity index (χ0n) is 19.5. The summed E-state index contributed by atoms with van der Waals surface area (Å²) in [7, 11) is 3.40. The molecule has 2 aromatic carbocycles. The van der Waals surface area contributed by atoms with Crippen molar-refractivity contribution in [3.8, 4) is 0 Å². The minimum atomic E-state index is -0.454. The van der Waals surface area contributed by atoms with Gasteiger partial charge in [-0.25, -0.2) is 4.98 Å². The number of piperidine rings is 1. The van der Waals surface area contributed by atoms with Crippen LogP contribution < -0.4 is 15.5 Å². The maximum absolute atomic E-state index is 12.6. The molecule has 0 atom stereocenters. The molecule has 8 nitrogen and oxygen atoms in total. The summed E-state index contributed by atoms with van der Waals surface area (Å²) in [6.07, 6.45) is 1.53. The number of nitrogens with zero attached hydrogens (tertiary/aromatic N) is 4. The van der Waals surface area contributed by atoms with Gasteiger partial charge in [0.2, 0.25) is 11.9 Å². The van der Waals surface area contributed by atoms with Gasteiger partial charge >= 0.3 is 7.05 Å². The number of hydrogen-bond acceptors (Lipinski definition) is 7. The highest BCUT2D eigenvalue weighted by atomic mass is 16.2. The van der Waals surface area contributed by atoms with Gasteiger partial charge in [0, 0.05) is 37.6 Å². The first-order valence-electron chi connectivity index (χ1n) is 11.4. The molecule has 1 fully saturated rings. The van der Waals surface area contributed by atoms with E-state index in [0.717, 1.165) is 53.9 Å². The fourth-order valence-corrected chi connectivity index (χ4v) is 4.07. The van der Waals surface area contributed by atoms with Crippen molar-refractivity contribution in [1.82, 2.24) is 14.8 Å². The van der Waals surface area contributed by atoms with Crippen LogP contribution in [0.3, 0.4) is 0 Å². The number of para-hydroxylation sites is 1. The van der Waals surface area contributed by atoms with Gasteiger partial charge in [-0.15, -0.1) is 0 Å². The predicted octanol–water partition coefficient (Wildman–Crippen LogP) is 3.07. The predicted molar refractivity (Wildman–Crippen MR) is 134 cm³/mol. The van der Waals surface area contributed by atoms with Gasteiger partial charge in [-0.2, -0.15) is 4.98 Å². The minimum absolute atomic E-state index is 0.0155. The summed E-state index contributed by atoms with van der Waals surface area (Å²) >= 11 is 0. The van der Waals surface area contributed by atoms with Crippen LogP contribution in [0, 0.1) is 5.92 Å². The first-order chi connectivity index (χ1) is 15.9. The first kappa shape index (κ1) is 23.0. The molecule has 4 rings (SSSR count). The Hall–Kier alpha value is -3.17. The van der Waals surface area contributed by atoms with Gasteiger partial charge in [0.05, 0.1) is 5.52 Å². The smallest absolute Gasteiger partial charge is 0.376 e. The topological polar surface area (TPSA) is 93.6 Å². The van der Waals surface area contributed by atoms with Gasteiger partial charge in [0.15, 0.2) is 0 Å². The second kappa shape index (κ2) is 10.2. The van der Waals surface area contributed by atoms with Crippen molar-refractivity contribution in [1.29, 1.82) is 0 Å². The lowest BCUT2D eigenvalue weighted by molar-refractivity contribution is -0.121. The molecule has 3 aromatic rings. The third kappa shape index (κ3) is 5.61. The number of rotatable bonds is 7. The van der Waals surface area contributed by atoms with E-state index in [9.17, 15) is 9.82 Å². The van der Waals surface area contributed by atoms with E-state index in [2.05, 4.69) is 20.6 Å². The molecule has 0 bridgehead atoms. The Bertz CT molecular complexity index is 1100. The van der Waals surface area contributed by atoms with Gasteiger partial charge < -0.3 is 25.4 Å². The Balaban J connectivity index is 1.36. The van der Waals surface area contributed by atoms with Crippen LogP contribution in [0.1, 0.15) is 18.4 Å². The monoisotopic (exact) mass is 446 g/mol. The maximum atomic E-state index is 12.6. The van der Waals surface area contributed by atoms with E-state index in [1.54, 1.807) is 6.82 Å². The molecule has 33 heavy (non-hydrogen) atoms. The number of fused-ring (bicyclic) bond motifs is 1. The zero-order chi connectivity index (χ0) is 23.4. The Morgan fingerprint density at radius 3 is 2.48 bits per heavy atom. The number of carbonyl (C=O) groups is 1. The van der Waals surface area contributed by atoms with Gasteiger partial charge in [-0.1, -0.05) is 24.3 Å². The van der Waals surface area contributed by atoms with E-state index in [1.165, 1.54) is 0 Å². The normalized spacial score (nSPS) is 14.8. The zero-order valence-corrected chi connectivity index (χ0v) is 19.5. The molecule has 1 aliphatic rings. The molecule has 9 heteroatoms. The molecular weight excluding hydrogens is 415 g/mol. The molecular formula is C24H31BN6O2. The second-order valence-electron chi connectivity index (χ2n) is 8.77. The molecule has 172 valence electrons. The molecule has 1 amide bonds. The molecule has 1 aliphatic heterocycles. The van der Waals surface area contributed by atoms with E-state index in [1.807, 2.05) is 72.3 Å². The van der Waals surface area contributed by atoms with Gasteiger partial charge in [-0.05, 0) is 62.6 Å². The number of benzene rings is 2. The SMILES string of the molecule is CB(O)N1CCC(C(=O)Nc2ccc(CNc3nc(N(C)C)nc4ccccc34)cc2)CC1. The first-order valence-corrected chi connectivity index (χ1v) is 11.4. The molecule has 3 N–H and O–H groups in total. The van der Waals surface area contributed by atoms with Crippen LogP contribution >= 0.6 is 0 Å². The summed E-state index contributed by atoms with van der Waals surface area (Å²) in [5.41, 5.74) is 2.78. The lowest BCUT2D eigenvalue weighted by Crippen LogP contribution is -2.45. The van der Waals surface area contributed by atoms with E-state index in [-0.39, 0.29) is 11.8 Å². The van der Waals surface area contributed by atoms with Crippen molar-refractivity contribution < 1.29 is 9.82 Å². The molecule has 0 radical (unpaired) electrons. The Kier molecular flexibility index (Phi) is 7.10. The number of nitrogens with one attached hydrogen (secondary N) is 2. The lowest BCUT2D eigenvalue weighted by Gasteiger charge is -2.31. The molecule has 0 unspecified atom stereocenters. The molecule has 0 saturated carbocycles. The average molecular weight is 446 g/mol. The van der Waals surface area contributed by atoms with E-state index >= 15 is 0 Å². The van der Waals surface area contributed by atoms with Crippen LogP contribution in [-0.2, 0) is 11.3 Å². The van der Waals surface area contributed by atoms with Crippen molar-refractivity contribution in [3.05, 3.63) is 54.1 Å². The highest BCUT2D eigenvalue weighted by Gasteiger charge is 2.28. The summed E-state index contributed by atoms with van der Waals surface area (Å²) in [6.45, 7) is 3.87. The van der Waals surface area contributed by atoms with Crippen LogP contribution in [0.5, 0.6) is 0 Å². The minimum Gasteiger partial charge on any atom is -0.437 e. The lowest BCUT2D eigenvalue weighted by atomic mass is 9.81. The number of hydrogen-bond donors (Lipinski definition) is 3. The summed E-state index contributed by atoms with van der Waals surface area (Å²) in [5, 5.41) is 17.1. The van der Waals surface area contributed by atoms with Crippen LogP contribution in [-0.4, -0.2) is 59.9 Å². The summed E-state index contributed by atoms with van der Waals surface area (Å²) in [6, 6.07) is 15.8. The molecule has 2 heterocycles. The Morgan fingerprint density at radius 2 is 1.82 bits per heavy atom. The second-order valence-corrected chi connectivity index (χ2v) is 8.77. The third-order valence-corrected chi connectivity index (χ3v) is 6.10. The maximum Gasteiger partial charge on any atom is 0.376 e. The van der Waals surface area contributed by atoms with Gasteiger partial charge in [-0.3, -0.25) is 4.79 Å². The number of anilines is 3. The molecule has 1 aromatic heterocycles. The number of amides is 1. The molecule has 0 spiro atoms. The van der Waals surface area contributed by atoms with Crippen molar-refractivity contribution in [2.24, 2.45) is 5.92 Å². The fourth-order valence-electron chi connectivity index (χ4n) is 4.07. The molecule has 0 aliphatic carbocycles. The summed E-state index contributed by atoms with van der Waals surface area (Å²) in [4.78, 5) is 25.8. The van der Waals surface area contributed by atoms with Crippen LogP contribution in [0.2, 0.25) is 6.82 Å². The third-order valence-electron chi connectivity index (χ3n) is 6.10. The van der Waals surface area contributed by atoms with Crippen molar-refractivity contribution in [2.45, 2.75) is 26.2 Å². The van der Waals surface area contributed by atoms with Crippen molar-refractivity contribution in [2.75, 3.05) is 42.7 Å². The van der Waals surface area contributed by atoms with Gasteiger partial charge in [0.25, 0.3) is 0 Å². The standard InChI is InChI=1S/C24H31BN6O2/c1-25(33)31-14-12-18(13-15-31)23(32)27-19-10-8-17(9-11-19)16-26-22-20-6-4-5-7-21(20)28-24(29-22)30(2)3/h4-11,18,33H,12-16H2,1-3H3,(H,27,32)(H,26,28,29). The molecule has 1 saturated heterocycles. The van der Waals surface area contributed by atoms with E-state index in [4.69, 9.17) is 0 Å². The van der Waals surface area contributed by atoms with E-state index < -0.39 is 7.05 Å². The van der Waals surface area contributed by atoms with Crippen LogP contribution in [0.25, 0.3) is 10.9 Å². The number of aromatic nitrogens is 2. The highest BCUT2D eigenvalue weighted by molar-refractivity contribution is 6.45. The van der Waals surface area contributed by atoms with Crippen LogP contribution in [0.4, 0.5) is 17.5 Å². The quantitative estimate of drug-likeness (QED) is 0.481. The number of carbonyl (C=O) groups excluding carboxylic acids is 1. The van der Waals surface area contributed by atoms with Crippen LogP contribution in [0.15, 0.2) is 48.5 Å². The Labute approximate surface area is 195 Å². The van der Waals surface area contributed by atoms with E-state index in [0.29, 0.717) is 12.5 Å². The highest BCUT2D eigenvalue weighted by Crippen LogP contribution is 2.24. The van der Waals surface area contributed by atoms with Crippen molar-refractivity contribution in [3.63, 3.8) is 0 Å². The Morgan fingerprint density at radius 1 is 1.12 bits per heavy atom. The summed E-state index contributed by atoms with van der Waals surface area (Å²) < 4.78 is 0. The fraction of sp³-hybridized carbons (Fsp3) is 0.375. The van der Waals surface area contributed by atoms with Gasteiger partial charge in [0.1, 0.15) is 5.82 Å². The summed E-state index contributed by atoms with van der Waals surface area (Å²) in [5.74, 6) is 1.49. The largest absolute Gasteiger partial charge is 0.437 e. The van der Waals surface area contributed by atoms with Crippen molar-refractivity contribution >= 4 is 41.3 Å². The average Bonchev–Trinajstić information content (AvgIpc) is 2.83.